The predicted molar refractivity (Wildman–Crippen MR) is 136 cm³/mol. The van der Waals surface area contributed by atoms with Crippen molar-refractivity contribution in [3.63, 3.8) is 0 Å². The van der Waals surface area contributed by atoms with E-state index in [0.717, 1.165) is 51.5 Å². The van der Waals surface area contributed by atoms with E-state index in [1.54, 1.807) is 0 Å². The molecule has 172 valence electrons. The summed E-state index contributed by atoms with van der Waals surface area (Å²) in [5.74, 6) is 0.177. The van der Waals surface area contributed by atoms with Gasteiger partial charge in [0.1, 0.15) is 0 Å². The first-order valence-corrected chi connectivity index (χ1v) is 12.3. The number of hydrogen-bond donors (Lipinski definition) is 1. The Hall–Kier alpha value is -2.91. The molecule has 0 aromatic heterocycles. The molecular formula is C30H36N2O. The number of likely N-dealkylation sites (N-methyl/N-ethyl adjacent to an activating group) is 1. The number of fused-ring (bicyclic) bond motifs is 1. The number of carbonyl (C=O) groups is 1. The highest BCUT2D eigenvalue weighted by Gasteiger charge is 2.29. The van der Waals surface area contributed by atoms with Crippen molar-refractivity contribution in [2.24, 2.45) is 0 Å². The summed E-state index contributed by atoms with van der Waals surface area (Å²) in [4.78, 5) is 15.5. The first kappa shape index (κ1) is 23.3. The Morgan fingerprint density at radius 1 is 0.818 bits per heavy atom. The molecule has 0 radical (unpaired) electrons. The van der Waals surface area contributed by atoms with E-state index in [2.05, 4.69) is 102 Å². The molecule has 3 nitrogen and oxygen atoms in total. The molecule has 1 amide bonds. The van der Waals surface area contributed by atoms with E-state index in [-0.39, 0.29) is 18.0 Å². The van der Waals surface area contributed by atoms with Gasteiger partial charge < -0.3 is 5.32 Å². The summed E-state index contributed by atoms with van der Waals surface area (Å²) in [6.07, 6.45) is 7.11. The lowest BCUT2D eigenvalue weighted by atomic mass is 9.93. The van der Waals surface area contributed by atoms with E-state index in [0.29, 0.717) is 0 Å². The van der Waals surface area contributed by atoms with Crippen LogP contribution in [-0.4, -0.2) is 29.9 Å². The number of amides is 1. The SMILES string of the molecule is CN1Cc2ccccc2CC1C(=O)NC(CCCc1ccccc1)CCCc1ccccc1. The topological polar surface area (TPSA) is 32.3 Å². The van der Waals surface area contributed by atoms with Gasteiger partial charge >= 0.3 is 0 Å². The molecule has 0 bridgehead atoms. The van der Waals surface area contributed by atoms with Gasteiger partial charge in [-0.15, -0.1) is 0 Å². The van der Waals surface area contributed by atoms with Crippen LogP contribution < -0.4 is 5.32 Å². The highest BCUT2D eigenvalue weighted by Crippen LogP contribution is 2.22. The molecule has 0 spiro atoms. The van der Waals surface area contributed by atoms with E-state index in [4.69, 9.17) is 0 Å². The largest absolute Gasteiger partial charge is 0.352 e. The molecule has 0 saturated carbocycles. The van der Waals surface area contributed by atoms with Gasteiger partial charge in [0.05, 0.1) is 6.04 Å². The number of rotatable bonds is 10. The summed E-state index contributed by atoms with van der Waals surface area (Å²) >= 11 is 0. The van der Waals surface area contributed by atoms with E-state index in [9.17, 15) is 4.79 Å². The third-order valence-corrected chi connectivity index (χ3v) is 6.85. The fourth-order valence-electron chi connectivity index (χ4n) is 4.93. The van der Waals surface area contributed by atoms with E-state index in [1.807, 2.05) is 0 Å². The van der Waals surface area contributed by atoms with Crippen molar-refractivity contribution < 1.29 is 4.79 Å². The zero-order valence-electron chi connectivity index (χ0n) is 19.7. The second-order valence-electron chi connectivity index (χ2n) is 9.36. The summed E-state index contributed by atoms with van der Waals surface area (Å²) in [5, 5.41) is 3.44. The van der Waals surface area contributed by atoms with Crippen LogP contribution in [-0.2, 0) is 30.6 Å². The Balaban J connectivity index is 1.35. The third kappa shape index (κ3) is 6.79. The molecule has 1 N–H and O–H groups in total. The minimum absolute atomic E-state index is 0.0920. The van der Waals surface area contributed by atoms with Crippen LogP contribution in [0.4, 0.5) is 0 Å². The Kier molecular flexibility index (Phi) is 8.32. The molecule has 1 aliphatic rings. The fourth-order valence-corrected chi connectivity index (χ4v) is 4.93. The number of aryl methyl sites for hydroxylation is 2. The van der Waals surface area contributed by atoms with Gasteiger partial charge in [-0.25, -0.2) is 0 Å². The highest BCUT2D eigenvalue weighted by atomic mass is 16.2. The van der Waals surface area contributed by atoms with Gasteiger partial charge in [-0.1, -0.05) is 84.9 Å². The quantitative estimate of drug-likeness (QED) is 0.447. The number of benzene rings is 3. The maximum absolute atomic E-state index is 13.3. The summed E-state index contributed by atoms with van der Waals surface area (Å²) in [6, 6.07) is 29.9. The van der Waals surface area contributed by atoms with Crippen LogP contribution in [0, 0.1) is 0 Å². The van der Waals surface area contributed by atoms with Crippen LogP contribution in [0.1, 0.15) is 47.9 Å². The van der Waals surface area contributed by atoms with Crippen molar-refractivity contribution >= 4 is 5.91 Å². The Morgan fingerprint density at radius 2 is 1.33 bits per heavy atom. The number of nitrogens with one attached hydrogen (secondary N) is 1. The minimum atomic E-state index is -0.0920. The summed E-state index contributed by atoms with van der Waals surface area (Å²) in [5.41, 5.74) is 5.39. The Morgan fingerprint density at radius 3 is 1.91 bits per heavy atom. The second-order valence-corrected chi connectivity index (χ2v) is 9.36. The molecule has 3 aromatic rings. The fraction of sp³-hybridized carbons (Fsp3) is 0.367. The summed E-state index contributed by atoms with van der Waals surface area (Å²) in [6.45, 7) is 0.834. The summed E-state index contributed by atoms with van der Waals surface area (Å²) < 4.78 is 0. The molecule has 1 aliphatic heterocycles. The highest BCUT2D eigenvalue weighted by molar-refractivity contribution is 5.82. The lowest BCUT2D eigenvalue weighted by molar-refractivity contribution is -0.127. The molecule has 3 heteroatoms. The van der Waals surface area contributed by atoms with Crippen LogP contribution in [0.5, 0.6) is 0 Å². The number of carbonyl (C=O) groups excluding carboxylic acids is 1. The maximum Gasteiger partial charge on any atom is 0.237 e. The maximum atomic E-state index is 13.3. The zero-order valence-corrected chi connectivity index (χ0v) is 19.7. The van der Waals surface area contributed by atoms with E-state index >= 15 is 0 Å². The van der Waals surface area contributed by atoms with Gasteiger partial charge in [0, 0.05) is 12.6 Å². The monoisotopic (exact) mass is 440 g/mol. The Labute approximate surface area is 198 Å². The van der Waals surface area contributed by atoms with Gasteiger partial charge in [0.15, 0.2) is 0 Å². The first-order valence-electron chi connectivity index (χ1n) is 12.3. The summed E-state index contributed by atoms with van der Waals surface area (Å²) in [7, 11) is 2.07. The third-order valence-electron chi connectivity index (χ3n) is 6.85. The van der Waals surface area contributed by atoms with Gasteiger partial charge in [0.2, 0.25) is 5.91 Å². The van der Waals surface area contributed by atoms with Crippen LogP contribution >= 0.6 is 0 Å². The normalized spacial score (nSPS) is 15.9. The molecular weight excluding hydrogens is 404 g/mol. The van der Waals surface area contributed by atoms with Gasteiger partial charge in [0.25, 0.3) is 0 Å². The first-order chi connectivity index (χ1) is 16.2. The number of nitrogens with zero attached hydrogens (tertiary/aromatic N) is 1. The van der Waals surface area contributed by atoms with Crippen LogP contribution in [0.3, 0.4) is 0 Å². The molecule has 33 heavy (non-hydrogen) atoms. The smallest absolute Gasteiger partial charge is 0.237 e. The van der Waals surface area contributed by atoms with E-state index < -0.39 is 0 Å². The minimum Gasteiger partial charge on any atom is -0.352 e. The van der Waals surface area contributed by atoms with Crippen molar-refractivity contribution in [2.45, 2.75) is 63.6 Å². The molecule has 3 aromatic carbocycles. The van der Waals surface area contributed by atoms with Crippen LogP contribution in [0.2, 0.25) is 0 Å². The second kappa shape index (κ2) is 11.8. The molecule has 0 saturated heterocycles. The van der Waals surface area contributed by atoms with Crippen LogP contribution in [0.15, 0.2) is 84.9 Å². The molecule has 1 atom stereocenters. The van der Waals surface area contributed by atoms with Crippen molar-refractivity contribution in [1.82, 2.24) is 10.2 Å². The predicted octanol–water partition coefficient (Wildman–Crippen LogP) is 5.57. The lowest BCUT2D eigenvalue weighted by Crippen LogP contribution is -2.51. The Bertz CT molecular complexity index is 957. The van der Waals surface area contributed by atoms with Crippen LogP contribution in [0.25, 0.3) is 0 Å². The molecule has 4 rings (SSSR count). The number of hydrogen-bond acceptors (Lipinski definition) is 2. The van der Waals surface area contributed by atoms with Gasteiger partial charge in [-0.2, -0.15) is 0 Å². The van der Waals surface area contributed by atoms with Crippen molar-refractivity contribution in [3.8, 4) is 0 Å². The lowest BCUT2D eigenvalue weighted by Gasteiger charge is -2.34. The van der Waals surface area contributed by atoms with Crippen molar-refractivity contribution in [2.75, 3.05) is 7.05 Å². The van der Waals surface area contributed by atoms with E-state index in [1.165, 1.54) is 22.3 Å². The molecule has 1 heterocycles. The average Bonchev–Trinajstić information content (AvgIpc) is 2.84. The van der Waals surface area contributed by atoms with Crippen molar-refractivity contribution in [1.29, 1.82) is 0 Å². The molecule has 0 aliphatic carbocycles. The standard InChI is InChI=1S/C30H36N2O/c1-32-23-27-19-9-8-18-26(27)22-29(32)30(33)31-28(20-10-16-24-12-4-2-5-13-24)21-11-17-25-14-6-3-7-15-25/h2-9,12-15,18-19,28-29H,10-11,16-17,20-23H2,1H3,(H,31,33). The molecule has 1 unspecified atom stereocenters. The zero-order chi connectivity index (χ0) is 22.9. The average molecular weight is 441 g/mol. The van der Waals surface area contributed by atoms with Gasteiger partial charge in [-0.05, 0) is 74.2 Å². The van der Waals surface area contributed by atoms with Crippen molar-refractivity contribution in [3.05, 3.63) is 107 Å². The molecule has 0 fully saturated rings. The van der Waals surface area contributed by atoms with Gasteiger partial charge in [-0.3, -0.25) is 9.69 Å².